The van der Waals surface area contributed by atoms with Crippen molar-refractivity contribution in [3.05, 3.63) is 133 Å². The Bertz CT molecular complexity index is 2260. The summed E-state index contributed by atoms with van der Waals surface area (Å²) < 4.78 is 12.3. The zero-order valence-corrected chi connectivity index (χ0v) is 23.3. The van der Waals surface area contributed by atoms with Crippen molar-refractivity contribution in [3.63, 3.8) is 0 Å². The van der Waals surface area contributed by atoms with Crippen molar-refractivity contribution >= 4 is 44.0 Å². The van der Waals surface area contributed by atoms with E-state index in [1.54, 1.807) is 0 Å². The third-order valence-corrected chi connectivity index (χ3v) is 7.95. The molecule has 9 aromatic rings. The number of oxazole rings is 2. The van der Waals surface area contributed by atoms with Crippen molar-refractivity contribution in [1.29, 1.82) is 0 Å². The summed E-state index contributed by atoms with van der Waals surface area (Å²) in [5.41, 5.74) is 10.1. The van der Waals surface area contributed by atoms with Crippen LogP contribution in [-0.4, -0.2) is 19.9 Å². The lowest BCUT2D eigenvalue weighted by molar-refractivity contribution is 0.616. The highest BCUT2D eigenvalue weighted by Gasteiger charge is 2.22. The molecule has 0 bridgehead atoms. The van der Waals surface area contributed by atoms with E-state index in [0.29, 0.717) is 23.2 Å². The molecule has 0 saturated carbocycles. The van der Waals surface area contributed by atoms with Crippen LogP contribution in [0.1, 0.15) is 0 Å². The standard InChI is InChI=1S/C38H22N4O2/c1-3-11-23(12-4-1)33-25-19-21-29(37-41-27-15-7-9-17-31(27)43-37)39-35(25)36-26(34(33)24-13-5-2-6-14-24)20-22-30(40-36)38-42-28-16-8-10-18-32(28)44-38/h1-22H. The Labute approximate surface area is 251 Å². The topological polar surface area (TPSA) is 77.8 Å². The lowest BCUT2D eigenvalue weighted by Crippen LogP contribution is -1.97. The molecule has 0 N–H and O–H groups in total. The molecule has 6 nitrogen and oxygen atoms in total. The van der Waals surface area contributed by atoms with Gasteiger partial charge in [-0.3, -0.25) is 0 Å². The van der Waals surface area contributed by atoms with Crippen molar-refractivity contribution in [3.8, 4) is 45.4 Å². The normalized spacial score (nSPS) is 11.6. The quantitative estimate of drug-likeness (QED) is 0.197. The first-order valence-electron chi connectivity index (χ1n) is 14.4. The number of aromatic nitrogens is 4. The SMILES string of the molecule is c1ccc(-c2c(-c3ccccc3)c3ccc(-c4nc5ccccc5o4)nc3c3nc(-c4nc5ccccc5o4)ccc23)cc1. The summed E-state index contributed by atoms with van der Waals surface area (Å²) in [6.07, 6.45) is 0. The van der Waals surface area contributed by atoms with E-state index in [0.717, 1.165) is 66.3 Å². The maximum absolute atomic E-state index is 6.13. The molecule has 0 aliphatic rings. The molecule has 0 saturated heterocycles. The number of hydrogen-bond acceptors (Lipinski definition) is 6. The summed E-state index contributed by atoms with van der Waals surface area (Å²) in [6, 6.07) is 44.5. The van der Waals surface area contributed by atoms with Crippen LogP contribution in [0.4, 0.5) is 0 Å². The van der Waals surface area contributed by atoms with Gasteiger partial charge in [-0.25, -0.2) is 19.9 Å². The van der Waals surface area contributed by atoms with Gasteiger partial charge in [-0.1, -0.05) is 84.9 Å². The lowest BCUT2D eigenvalue weighted by atomic mass is 9.87. The average Bonchev–Trinajstić information content (AvgIpc) is 3.73. The largest absolute Gasteiger partial charge is 0.435 e. The van der Waals surface area contributed by atoms with Crippen LogP contribution >= 0.6 is 0 Å². The van der Waals surface area contributed by atoms with Crippen LogP contribution in [0.2, 0.25) is 0 Å². The van der Waals surface area contributed by atoms with Gasteiger partial charge in [0.1, 0.15) is 22.4 Å². The van der Waals surface area contributed by atoms with Gasteiger partial charge in [-0.05, 0) is 70.8 Å². The fourth-order valence-corrected chi connectivity index (χ4v) is 5.96. The van der Waals surface area contributed by atoms with E-state index in [2.05, 4.69) is 60.7 Å². The Kier molecular flexibility index (Phi) is 5.40. The predicted molar refractivity (Wildman–Crippen MR) is 174 cm³/mol. The Morgan fingerprint density at radius 2 is 0.773 bits per heavy atom. The summed E-state index contributed by atoms with van der Waals surface area (Å²) in [5.74, 6) is 0.925. The van der Waals surface area contributed by atoms with E-state index in [-0.39, 0.29) is 0 Å². The van der Waals surface area contributed by atoms with E-state index in [1.165, 1.54) is 0 Å². The Morgan fingerprint density at radius 1 is 0.364 bits per heavy atom. The molecule has 5 aromatic carbocycles. The second kappa shape index (κ2) is 9.71. The first-order valence-corrected chi connectivity index (χ1v) is 14.4. The lowest BCUT2D eigenvalue weighted by Gasteiger charge is -2.18. The molecule has 4 aromatic heterocycles. The first kappa shape index (κ1) is 24.5. The van der Waals surface area contributed by atoms with Gasteiger partial charge in [0.15, 0.2) is 11.2 Å². The van der Waals surface area contributed by atoms with Crippen LogP contribution < -0.4 is 0 Å². The smallest absolute Gasteiger partial charge is 0.246 e. The molecule has 0 radical (unpaired) electrons. The molecular formula is C38H22N4O2. The van der Waals surface area contributed by atoms with Crippen LogP contribution in [0.25, 0.3) is 89.4 Å². The number of benzene rings is 5. The summed E-state index contributed by atoms with van der Waals surface area (Å²) in [4.78, 5) is 19.9. The highest BCUT2D eigenvalue weighted by Crippen LogP contribution is 2.44. The summed E-state index contributed by atoms with van der Waals surface area (Å²) in [5, 5.41) is 1.95. The maximum atomic E-state index is 6.13. The second-order valence-electron chi connectivity index (χ2n) is 10.6. The third kappa shape index (κ3) is 3.89. The van der Waals surface area contributed by atoms with E-state index >= 15 is 0 Å². The van der Waals surface area contributed by atoms with Crippen molar-refractivity contribution in [2.45, 2.75) is 0 Å². The van der Waals surface area contributed by atoms with Crippen molar-refractivity contribution in [2.75, 3.05) is 0 Å². The Morgan fingerprint density at radius 3 is 1.20 bits per heavy atom. The van der Waals surface area contributed by atoms with E-state index in [1.807, 2.05) is 72.8 Å². The maximum Gasteiger partial charge on any atom is 0.246 e. The first-order chi connectivity index (χ1) is 21.8. The summed E-state index contributed by atoms with van der Waals surface area (Å²) in [6.45, 7) is 0. The number of para-hydroxylation sites is 4. The molecule has 6 heteroatoms. The fourth-order valence-electron chi connectivity index (χ4n) is 5.96. The van der Waals surface area contributed by atoms with E-state index < -0.39 is 0 Å². The van der Waals surface area contributed by atoms with E-state index in [9.17, 15) is 0 Å². The van der Waals surface area contributed by atoms with Crippen LogP contribution in [0, 0.1) is 0 Å². The highest BCUT2D eigenvalue weighted by atomic mass is 16.4. The molecule has 0 spiro atoms. The third-order valence-electron chi connectivity index (χ3n) is 7.95. The molecule has 0 amide bonds. The average molecular weight is 567 g/mol. The van der Waals surface area contributed by atoms with Crippen LogP contribution in [0.15, 0.2) is 142 Å². The monoisotopic (exact) mass is 566 g/mol. The molecule has 0 aliphatic carbocycles. The number of nitrogens with zero attached hydrogens (tertiary/aromatic N) is 4. The number of pyridine rings is 2. The molecule has 9 rings (SSSR count). The van der Waals surface area contributed by atoms with Crippen molar-refractivity contribution in [1.82, 2.24) is 19.9 Å². The minimum atomic E-state index is 0.463. The molecule has 0 fully saturated rings. The van der Waals surface area contributed by atoms with Gasteiger partial charge < -0.3 is 8.83 Å². The Hall–Kier alpha value is -6.14. The van der Waals surface area contributed by atoms with Crippen LogP contribution in [0.5, 0.6) is 0 Å². The van der Waals surface area contributed by atoms with Gasteiger partial charge in [-0.2, -0.15) is 0 Å². The second-order valence-corrected chi connectivity index (χ2v) is 10.6. The van der Waals surface area contributed by atoms with Crippen molar-refractivity contribution < 1.29 is 8.83 Å². The van der Waals surface area contributed by atoms with Gasteiger partial charge in [0.2, 0.25) is 11.8 Å². The van der Waals surface area contributed by atoms with Crippen molar-refractivity contribution in [2.24, 2.45) is 0 Å². The minimum absolute atomic E-state index is 0.463. The fraction of sp³-hybridized carbons (Fsp3) is 0. The van der Waals surface area contributed by atoms with Gasteiger partial charge in [-0.15, -0.1) is 0 Å². The number of fused-ring (bicyclic) bond motifs is 5. The summed E-state index contributed by atoms with van der Waals surface area (Å²) >= 11 is 0. The van der Waals surface area contributed by atoms with Gasteiger partial charge >= 0.3 is 0 Å². The number of hydrogen-bond donors (Lipinski definition) is 0. The zero-order chi connectivity index (χ0) is 29.0. The van der Waals surface area contributed by atoms with Crippen LogP contribution in [-0.2, 0) is 0 Å². The number of rotatable bonds is 4. The summed E-state index contributed by atoms with van der Waals surface area (Å²) in [7, 11) is 0. The molecule has 44 heavy (non-hydrogen) atoms. The van der Waals surface area contributed by atoms with Crippen LogP contribution in [0.3, 0.4) is 0 Å². The Balaban J connectivity index is 1.39. The van der Waals surface area contributed by atoms with E-state index in [4.69, 9.17) is 28.8 Å². The molecule has 206 valence electrons. The zero-order valence-electron chi connectivity index (χ0n) is 23.3. The molecule has 0 unspecified atom stereocenters. The highest BCUT2D eigenvalue weighted by molar-refractivity contribution is 6.19. The van der Waals surface area contributed by atoms with Gasteiger partial charge in [0.05, 0.1) is 11.0 Å². The molecule has 0 atom stereocenters. The molecule has 4 heterocycles. The molecule has 0 aliphatic heterocycles. The van der Waals surface area contributed by atoms with Gasteiger partial charge in [0.25, 0.3) is 0 Å². The van der Waals surface area contributed by atoms with Gasteiger partial charge in [0, 0.05) is 10.8 Å². The predicted octanol–water partition coefficient (Wildman–Crippen LogP) is 9.73. The molecular weight excluding hydrogens is 544 g/mol. The minimum Gasteiger partial charge on any atom is -0.435 e.